The molecule has 0 bridgehead atoms. The van der Waals surface area contributed by atoms with E-state index in [1.807, 2.05) is 62.4 Å². The molecule has 2 aliphatic carbocycles. The second-order valence-electron chi connectivity index (χ2n) is 7.45. The monoisotopic (exact) mass is 578 g/mol. The van der Waals surface area contributed by atoms with Gasteiger partial charge in [0, 0.05) is 55.4 Å². The van der Waals surface area contributed by atoms with E-state index >= 15 is 0 Å². The Hall–Kier alpha value is -4.44. The molecule has 2 heterocycles. The summed E-state index contributed by atoms with van der Waals surface area (Å²) in [4.78, 5) is 31.2. The summed E-state index contributed by atoms with van der Waals surface area (Å²) in [7, 11) is 0. The van der Waals surface area contributed by atoms with Gasteiger partial charge >= 0.3 is 0 Å². The molecule has 11 heteroatoms. The van der Waals surface area contributed by atoms with Crippen LogP contribution < -0.4 is 10.9 Å². The van der Waals surface area contributed by atoms with Gasteiger partial charge in [-0.15, -0.1) is 0 Å². The Kier molecular flexibility index (Phi) is 16.6. The van der Waals surface area contributed by atoms with Crippen LogP contribution in [-0.4, -0.2) is 43.9 Å². The fourth-order valence-electron chi connectivity index (χ4n) is 2.86. The number of carbonyl (C=O) groups excluding carboxylic acids is 2. The zero-order chi connectivity index (χ0) is 25.6. The van der Waals surface area contributed by atoms with Crippen molar-refractivity contribution in [3.63, 3.8) is 0 Å². The van der Waals surface area contributed by atoms with Crippen molar-refractivity contribution in [3.8, 4) is 0 Å². The van der Waals surface area contributed by atoms with Gasteiger partial charge in [-0.05, 0) is 62.4 Å². The first kappa shape index (κ1) is 34.6. The number of nitrogens with zero attached hydrogens (tertiary/aromatic N) is 4. The Morgan fingerprint density at radius 2 is 1.05 bits per heavy atom. The van der Waals surface area contributed by atoms with Gasteiger partial charge in [-0.25, -0.2) is 0 Å². The Morgan fingerprint density at radius 1 is 0.667 bits per heavy atom. The quantitative estimate of drug-likeness (QED) is 0.230. The van der Waals surface area contributed by atoms with Gasteiger partial charge in [0.2, 0.25) is 0 Å². The summed E-state index contributed by atoms with van der Waals surface area (Å²) >= 11 is 0. The predicted molar refractivity (Wildman–Crippen MR) is 149 cm³/mol. The Labute approximate surface area is 239 Å². The Morgan fingerprint density at radius 3 is 1.38 bits per heavy atom. The van der Waals surface area contributed by atoms with Crippen molar-refractivity contribution >= 4 is 23.0 Å². The zero-order valence-corrected chi connectivity index (χ0v) is 24.7. The standard InChI is InChI=1S/2C14H13N3O.2H2O.Zn/c2*1-11(13-7-4-5-9-15-13)17-16-10-12-6-2-3-8-14(12)18;;;/h2*2-10,16H,1H3;2*1H2;/b12-10+,17-11+;12-10-,17-11+;;;. The second-order valence-corrected chi connectivity index (χ2v) is 7.45. The molecule has 2 aromatic heterocycles. The number of rotatable bonds is 6. The molecule has 0 aliphatic heterocycles. The molecule has 2 aromatic rings. The number of hydrogen-bond donors (Lipinski definition) is 2. The van der Waals surface area contributed by atoms with E-state index in [0.29, 0.717) is 11.1 Å². The van der Waals surface area contributed by atoms with Crippen molar-refractivity contribution in [3.05, 3.63) is 132 Å². The van der Waals surface area contributed by atoms with Gasteiger partial charge in [0.05, 0.1) is 22.8 Å². The molecule has 0 saturated heterocycles. The minimum absolute atomic E-state index is 0. The van der Waals surface area contributed by atoms with Crippen molar-refractivity contribution in [1.29, 1.82) is 0 Å². The average molecular weight is 580 g/mol. The maximum absolute atomic E-state index is 11.4. The molecule has 0 spiro atoms. The van der Waals surface area contributed by atoms with Crippen LogP contribution >= 0.6 is 0 Å². The minimum atomic E-state index is -0.0318. The summed E-state index contributed by atoms with van der Waals surface area (Å²) in [5.41, 5.74) is 9.80. The van der Waals surface area contributed by atoms with E-state index in [1.165, 1.54) is 12.2 Å². The van der Waals surface area contributed by atoms with Gasteiger partial charge in [0.25, 0.3) is 0 Å². The maximum Gasteiger partial charge on any atom is 0.187 e. The molecule has 0 aromatic carbocycles. The first-order chi connectivity index (χ1) is 17.5. The van der Waals surface area contributed by atoms with Crippen molar-refractivity contribution in [2.45, 2.75) is 13.8 Å². The Bertz CT molecular complexity index is 1220. The summed E-state index contributed by atoms with van der Waals surface area (Å²) in [6.07, 6.45) is 20.1. The largest absolute Gasteiger partial charge is 0.412 e. The predicted octanol–water partition coefficient (Wildman–Crippen LogP) is 2.30. The van der Waals surface area contributed by atoms with Gasteiger partial charge in [-0.1, -0.05) is 36.4 Å². The third-order valence-electron chi connectivity index (χ3n) is 4.81. The third-order valence-corrected chi connectivity index (χ3v) is 4.81. The number of pyridine rings is 2. The fraction of sp³-hybridized carbons (Fsp3) is 0.0714. The molecular formula is C28H30N6O4Zn. The molecular weight excluding hydrogens is 550 g/mol. The summed E-state index contributed by atoms with van der Waals surface area (Å²) in [6.45, 7) is 3.71. The van der Waals surface area contributed by atoms with Crippen LogP contribution in [0.4, 0.5) is 0 Å². The molecule has 39 heavy (non-hydrogen) atoms. The van der Waals surface area contributed by atoms with Crippen molar-refractivity contribution < 1.29 is 40.0 Å². The van der Waals surface area contributed by atoms with E-state index in [2.05, 4.69) is 31.0 Å². The van der Waals surface area contributed by atoms with E-state index < -0.39 is 0 Å². The van der Waals surface area contributed by atoms with Crippen LogP contribution in [0.15, 0.2) is 131 Å². The summed E-state index contributed by atoms with van der Waals surface area (Å²) in [5, 5.41) is 8.28. The van der Waals surface area contributed by atoms with E-state index in [4.69, 9.17) is 0 Å². The molecule has 0 amide bonds. The SMILES string of the molecule is C/C(=N\N/C=C1/C=CC=CC1=O)c1ccccn1.C/C(=N\N/C=C1\C=CC=CC1=O)c1ccccn1.O.O.[Zn]. The number of carbonyl (C=O) groups is 2. The molecule has 10 nitrogen and oxygen atoms in total. The zero-order valence-electron chi connectivity index (χ0n) is 21.7. The third kappa shape index (κ3) is 11.7. The number of ketones is 2. The minimum Gasteiger partial charge on any atom is -0.412 e. The molecule has 0 fully saturated rings. The molecule has 2 aliphatic rings. The van der Waals surface area contributed by atoms with E-state index in [0.717, 1.165) is 22.8 Å². The van der Waals surface area contributed by atoms with Crippen LogP contribution in [-0.2, 0) is 29.1 Å². The summed E-state index contributed by atoms with van der Waals surface area (Å²) < 4.78 is 0. The first-order valence-electron chi connectivity index (χ1n) is 11.2. The van der Waals surface area contributed by atoms with Crippen LogP contribution in [0.1, 0.15) is 25.2 Å². The molecule has 6 N–H and O–H groups in total. The topological polar surface area (TPSA) is 172 Å². The van der Waals surface area contributed by atoms with Crippen molar-refractivity contribution in [2.75, 3.05) is 0 Å². The van der Waals surface area contributed by atoms with Gasteiger partial charge in [-0.3, -0.25) is 30.4 Å². The van der Waals surface area contributed by atoms with Crippen LogP contribution in [0.5, 0.6) is 0 Å². The average Bonchev–Trinajstić information content (AvgIpc) is 2.92. The van der Waals surface area contributed by atoms with Gasteiger partial charge in [0.15, 0.2) is 11.6 Å². The Balaban J connectivity index is 0.000000688. The van der Waals surface area contributed by atoms with Crippen LogP contribution in [0, 0.1) is 0 Å². The number of hydrogen-bond acceptors (Lipinski definition) is 8. The molecule has 0 saturated carbocycles. The molecule has 0 unspecified atom stereocenters. The molecule has 198 valence electrons. The van der Waals surface area contributed by atoms with Crippen LogP contribution in [0.2, 0.25) is 0 Å². The van der Waals surface area contributed by atoms with E-state index in [9.17, 15) is 9.59 Å². The summed E-state index contributed by atoms with van der Waals surface area (Å²) in [6, 6.07) is 11.3. The smallest absolute Gasteiger partial charge is 0.187 e. The van der Waals surface area contributed by atoms with Gasteiger partial charge in [0.1, 0.15) is 0 Å². The number of aromatic nitrogens is 2. The first-order valence-corrected chi connectivity index (χ1v) is 11.2. The normalized spacial score (nSPS) is 15.9. The maximum atomic E-state index is 11.4. The number of allylic oxidation sites excluding steroid dienone is 10. The van der Waals surface area contributed by atoms with Crippen molar-refractivity contribution in [2.24, 2.45) is 10.2 Å². The van der Waals surface area contributed by atoms with Crippen LogP contribution in [0.3, 0.4) is 0 Å². The number of nitrogens with one attached hydrogen (secondary N) is 2. The fourth-order valence-corrected chi connectivity index (χ4v) is 2.86. The molecule has 0 atom stereocenters. The molecule has 0 radical (unpaired) electrons. The molecule has 4 rings (SSSR count). The van der Waals surface area contributed by atoms with Crippen LogP contribution in [0.25, 0.3) is 0 Å². The second kappa shape index (κ2) is 18.8. The van der Waals surface area contributed by atoms with Gasteiger partial charge < -0.3 is 11.0 Å². The van der Waals surface area contributed by atoms with Crippen molar-refractivity contribution in [1.82, 2.24) is 20.8 Å². The number of hydrazone groups is 2. The van der Waals surface area contributed by atoms with E-state index in [1.54, 1.807) is 49.1 Å². The van der Waals surface area contributed by atoms with E-state index in [-0.39, 0.29) is 42.0 Å². The summed E-state index contributed by atoms with van der Waals surface area (Å²) in [5.74, 6) is -0.0635. The van der Waals surface area contributed by atoms with Gasteiger partial charge in [-0.2, -0.15) is 10.2 Å².